The second kappa shape index (κ2) is 4.95. The van der Waals surface area contributed by atoms with Crippen molar-refractivity contribution >= 4 is 15.9 Å². The Morgan fingerprint density at radius 2 is 1.78 bits per heavy atom. The van der Waals surface area contributed by atoms with E-state index in [0.717, 1.165) is 0 Å². The summed E-state index contributed by atoms with van der Waals surface area (Å²) in [5.41, 5.74) is 1.76. The van der Waals surface area contributed by atoms with Gasteiger partial charge in [0.15, 0.2) is 0 Å². The molecular formula is C15H21BrN2. The maximum absolute atomic E-state index is 3.92. The Morgan fingerprint density at radius 1 is 1.17 bits per heavy atom. The zero-order chi connectivity index (χ0) is 12.6. The fourth-order valence-electron chi connectivity index (χ4n) is 2.95. The molecule has 18 heavy (non-hydrogen) atoms. The fourth-order valence-corrected chi connectivity index (χ4v) is 3.22. The lowest BCUT2D eigenvalue weighted by Crippen LogP contribution is -2.45. The molecule has 1 saturated carbocycles. The van der Waals surface area contributed by atoms with Gasteiger partial charge in [0.2, 0.25) is 0 Å². The summed E-state index contributed by atoms with van der Waals surface area (Å²) in [6.07, 6.45) is 5.16. The highest BCUT2D eigenvalue weighted by Gasteiger charge is 2.45. The summed E-state index contributed by atoms with van der Waals surface area (Å²) in [5.74, 6) is 0. The lowest BCUT2D eigenvalue weighted by Gasteiger charge is -2.33. The monoisotopic (exact) mass is 308 g/mol. The normalized spacial score (nSPS) is 24.1. The highest BCUT2D eigenvalue weighted by molar-refractivity contribution is 9.10. The van der Waals surface area contributed by atoms with Crippen LogP contribution < -0.4 is 5.32 Å². The number of halogens is 1. The minimum absolute atomic E-state index is 0.293. The number of hydrogen-bond acceptors (Lipinski definition) is 2. The van der Waals surface area contributed by atoms with Crippen LogP contribution in [-0.4, -0.2) is 31.1 Å². The van der Waals surface area contributed by atoms with Crippen molar-refractivity contribution in [3.05, 3.63) is 34.3 Å². The van der Waals surface area contributed by atoms with Crippen LogP contribution in [0.15, 0.2) is 28.7 Å². The van der Waals surface area contributed by atoms with Gasteiger partial charge in [-0.15, -0.1) is 0 Å². The molecule has 98 valence electrons. The van der Waals surface area contributed by atoms with Crippen LogP contribution >= 0.6 is 15.9 Å². The van der Waals surface area contributed by atoms with Crippen molar-refractivity contribution in [2.24, 2.45) is 0 Å². The van der Waals surface area contributed by atoms with E-state index in [1.807, 2.05) is 0 Å². The van der Waals surface area contributed by atoms with Gasteiger partial charge in [-0.1, -0.05) is 28.1 Å². The van der Waals surface area contributed by atoms with E-state index < -0.39 is 0 Å². The Balaban J connectivity index is 1.66. The van der Waals surface area contributed by atoms with Gasteiger partial charge in [-0.05, 0) is 63.5 Å². The molecule has 1 N–H and O–H groups in total. The molecule has 0 spiro atoms. The molecule has 0 amide bonds. The standard InChI is InChI=1S/C15H21BrN2/c1-18-10-6-14(7-11-18)17-15(8-9-15)12-2-4-13(16)5-3-12/h2-5,14,17H,6-11H2,1H3. The van der Waals surface area contributed by atoms with Crippen molar-refractivity contribution in [2.45, 2.75) is 37.3 Å². The van der Waals surface area contributed by atoms with Crippen LogP contribution in [0.25, 0.3) is 0 Å². The predicted octanol–water partition coefficient (Wildman–Crippen LogP) is 3.12. The van der Waals surface area contributed by atoms with E-state index in [0.29, 0.717) is 11.6 Å². The molecule has 1 aliphatic carbocycles. The molecule has 1 aliphatic heterocycles. The molecule has 3 heteroatoms. The van der Waals surface area contributed by atoms with Crippen LogP contribution in [0.4, 0.5) is 0 Å². The lowest BCUT2D eigenvalue weighted by molar-refractivity contribution is 0.220. The zero-order valence-electron chi connectivity index (χ0n) is 11.0. The van der Waals surface area contributed by atoms with E-state index in [-0.39, 0.29) is 0 Å². The zero-order valence-corrected chi connectivity index (χ0v) is 12.5. The molecular weight excluding hydrogens is 288 g/mol. The number of likely N-dealkylation sites (tertiary alicyclic amines) is 1. The summed E-state index contributed by atoms with van der Waals surface area (Å²) in [6.45, 7) is 2.46. The van der Waals surface area contributed by atoms with E-state index in [4.69, 9.17) is 0 Å². The van der Waals surface area contributed by atoms with Crippen molar-refractivity contribution in [1.29, 1.82) is 0 Å². The highest BCUT2D eigenvalue weighted by atomic mass is 79.9. The maximum atomic E-state index is 3.92. The first-order chi connectivity index (χ1) is 8.68. The van der Waals surface area contributed by atoms with Crippen molar-refractivity contribution in [1.82, 2.24) is 10.2 Å². The van der Waals surface area contributed by atoms with E-state index in [9.17, 15) is 0 Å². The third-order valence-corrected chi connectivity index (χ3v) is 4.87. The van der Waals surface area contributed by atoms with Crippen molar-refractivity contribution in [3.63, 3.8) is 0 Å². The number of piperidine rings is 1. The van der Waals surface area contributed by atoms with E-state index >= 15 is 0 Å². The summed E-state index contributed by atoms with van der Waals surface area (Å²) >= 11 is 3.51. The second-order valence-corrected chi connectivity index (χ2v) is 6.73. The topological polar surface area (TPSA) is 15.3 Å². The molecule has 0 radical (unpaired) electrons. The van der Waals surface area contributed by atoms with Crippen molar-refractivity contribution in [2.75, 3.05) is 20.1 Å². The van der Waals surface area contributed by atoms with Crippen LogP contribution in [-0.2, 0) is 5.54 Å². The minimum atomic E-state index is 0.293. The van der Waals surface area contributed by atoms with E-state index in [1.54, 1.807) is 0 Å². The van der Waals surface area contributed by atoms with Gasteiger partial charge in [0.05, 0.1) is 0 Å². The molecule has 0 atom stereocenters. The lowest BCUT2D eigenvalue weighted by atomic mass is 9.99. The Kier molecular flexibility index (Phi) is 3.48. The molecule has 1 aromatic rings. The molecule has 0 bridgehead atoms. The second-order valence-electron chi connectivity index (χ2n) is 5.81. The average molecular weight is 309 g/mol. The van der Waals surface area contributed by atoms with Gasteiger partial charge in [-0.3, -0.25) is 0 Å². The smallest absolute Gasteiger partial charge is 0.0438 e. The third-order valence-electron chi connectivity index (χ3n) is 4.35. The first-order valence-electron chi connectivity index (χ1n) is 6.90. The van der Waals surface area contributed by atoms with Crippen LogP contribution in [0.2, 0.25) is 0 Å². The third kappa shape index (κ3) is 2.63. The van der Waals surface area contributed by atoms with E-state index in [2.05, 4.69) is 57.5 Å². The number of benzene rings is 1. The fraction of sp³-hybridized carbons (Fsp3) is 0.600. The number of hydrogen-bond donors (Lipinski definition) is 1. The molecule has 2 fully saturated rings. The summed E-state index contributed by atoms with van der Waals surface area (Å²) in [5, 5.41) is 3.92. The van der Waals surface area contributed by atoms with Gasteiger partial charge >= 0.3 is 0 Å². The number of rotatable bonds is 3. The van der Waals surface area contributed by atoms with Gasteiger partial charge in [-0.25, -0.2) is 0 Å². The molecule has 1 heterocycles. The van der Waals surface area contributed by atoms with Gasteiger partial charge < -0.3 is 10.2 Å². The molecule has 2 aliphatic rings. The first kappa shape index (κ1) is 12.6. The molecule has 2 nitrogen and oxygen atoms in total. The predicted molar refractivity (Wildman–Crippen MR) is 78.7 cm³/mol. The molecule has 1 saturated heterocycles. The summed E-state index contributed by atoms with van der Waals surface area (Å²) in [4.78, 5) is 2.43. The first-order valence-corrected chi connectivity index (χ1v) is 7.70. The number of nitrogens with zero attached hydrogens (tertiary/aromatic N) is 1. The van der Waals surface area contributed by atoms with Gasteiger partial charge in [0.1, 0.15) is 0 Å². The van der Waals surface area contributed by atoms with Crippen molar-refractivity contribution in [3.8, 4) is 0 Å². The SMILES string of the molecule is CN1CCC(NC2(c3ccc(Br)cc3)CC2)CC1. The average Bonchev–Trinajstić information content (AvgIpc) is 3.14. The summed E-state index contributed by atoms with van der Waals surface area (Å²) < 4.78 is 1.17. The molecule has 0 aromatic heterocycles. The maximum Gasteiger partial charge on any atom is 0.0438 e. The summed E-state index contributed by atoms with van der Waals surface area (Å²) in [7, 11) is 2.22. The molecule has 3 rings (SSSR count). The number of nitrogens with one attached hydrogen (secondary N) is 1. The van der Waals surface area contributed by atoms with Crippen LogP contribution in [0.3, 0.4) is 0 Å². The minimum Gasteiger partial charge on any atom is -0.306 e. The molecule has 0 unspecified atom stereocenters. The van der Waals surface area contributed by atoms with E-state index in [1.165, 1.54) is 48.8 Å². The van der Waals surface area contributed by atoms with Crippen LogP contribution in [0, 0.1) is 0 Å². The van der Waals surface area contributed by atoms with Crippen LogP contribution in [0.1, 0.15) is 31.2 Å². The van der Waals surface area contributed by atoms with Gasteiger partial charge in [0, 0.05) is 16.1 Å². The van der Waals surface area contributed by atoms with Crippen LogP contribution in [0.5, 0.6) is 0 Å². The Bertz CT molecular complexity index is 403. The largest absolute Gasteiger partial charge is 0.306 e. The Morgan fingerprint density at radius 3 is 2.33 bits per heavy atom. The Hall–Kier alpha value is -0.380. The van der Waals surface area contributed by atoms with Gasteiger partial charge in [0.25, 0.3) is 0 Å². The Labute approximate surface area is 118 Å². The highest BCUT2D eigenvalue weighted by Crippen LogP contribution is 2.46. The van der Waals surface area contributed by atoms with Gasteiger partial charge in [-0.2, -0.15) is 0 Å². The molecule has 1 aromatic carbocycles. The summed E-state index contributed by atoms with van der Waals surface area (Å²) in [6, 6.07) is 9.54. The van der Waals surface area contributed by atoms with Crippen molar-refractivity contribution < 1.29 is 0 Å². The quantitative estimate of drug-likeness (QED) is 0.923.